The Morgan fingerprint density at radius 1 is 0.962 bits per heavy atom. The first-order valence-electron chi connectivity index (χ1n) is 8.30. The number of anilines is 1. The SMILES string of the molecule is COc1ccccc1CCC(=O)O[C@@H](C)C(=O)Nc1ccccc1OC. The summed E-state index contributed by atoms with van der Waals surface area (Å²) < 4.78 is 15.7. The molecule has 6 heteroatoms. The van der Waals surface area contributed by atoms with Gasteiger partial charge in [-0.15, -0.1) is 0 Å². The van der Waals surface area contributed by atoms with Gasteiger partial charge in [-0.05, 0) is 37.1 Å². The molecule has 1 atom stereocenters. The number of aryl methyl sites for hydroxylation is 1. The third kappa shape index (κ3) is 5.24. The average Bonchev–Trinajstić information content (AvgIpc) is 2.66. The Labute approximate surface area is 153 Å². The molecule has 0 radical (unpaired) electrons. The number of carbonyl (C=O) groups excluding carboxylic acids is 2. The predicted octanol–water partition coefficient (Wildman–Crippen LogP) is 3.21. The molecular formula is C20H23NO5. The van der Waals surface area contributed by atoms with Crippen molar-refractivity contribution < 1.29 is 23.8 Å². The van der Waals surface area contributed by atoms with Crippen molar-refractivity contribution in [3.63, 3.8) is 0 Å². The monoisotopic (exact) mass is 357 g/mol. The van der Waals surface area contributed by atoms with Gasteiger partial charge in [0.15, 0.2) is 6.10 Å². The van der Waals surface area contributed by atoms with E-state index in [2.05, 4.69) is 5.32 Å². The summed E-state index contributed by atoms with van der Waals surface area (Å²) >= 11 is 0. The van der Waals surface area contributed by atoms with Crippen molar-refractivity contribution in [3.8, 4) is 11.5 Å². The molecule has 0 bridgehead atoms. The number of carbonyl (C=O) groups is 2. The van der Waals surface area contributed by atoms with E-state index in [-0.39, 0.29) is 6.42 Å². The zero-order valence-corrected chi connectivity index (χ0v) is 15.2. The highest BCUT2D eigenvalue weighted by atomic mass is 16.5. The van der Waals surface area contributed by atoms with E-state index < -0.39 is 18.0 Å². The van der Waals surface area contributed by atoms with Gasteiger partial charge >= 0.3 is 5.97 Å². The minimum Gasteiger partial charge on any atom is -0.496 e. The van der Waals surface area contributed by atoms with Gasteiger partial charge < -0.3 is 19.5 Å². The first-order valence-corrected chi connectivity index (χ1v) is 8.30. The van der Waals surface area contributed by atoms with Gasteiger partial charge in [-0.2, -0.15) is 0 Å². The summed E-state index contributed by atoms with van der Waals surface area (Å²) in [5.74, 6) is 0.400. The maximum absolute atomic E-state index is 12.2. The highest BCUT2D eigenvalue weighted by Gasteiger charge is 2.19. The first kappa shape index (κ1) is 19.3. The van der Waals surface area contributed by atoms with Crippen molar-refractivity contribution >= 4 is 17.6 Å². The van der Waals surface area contributed by atoms with Crippen molar-refractivity contribution in [2.24, 2.45) is 0 Å². The third-order valence-corrected chi connectivity index (χ3v) is 3.83. The van der Waals surface area contributed by atoms with Gasteiger partial charge in [-0.3, -0.25) is 9.59 Å². The molecule has 0 aliphatic carbocycles. The summed E-state index contributed by atoms with van der Waals surface area (Å²) in [4.78, 5) is 24.3. The van der Waals surface area contributed by atoms with Crippen LogP contribution >= 0.6 is 0 Å². The summed E-state index contributed by atoms with van der Waals surface area (Å²) in [5.41, 5.74) is 1.44. The number of esters is 1. The molecule has 138 valence electrons. The molecule has 2 aromatic carbocycles. The molecule has 0 heterocycles. The van der Waals surface area contributed by atoms with E-state index in [1.165, 1.54) is 14.0 Å². The van der Waals surface area contributed by atoms with E-state index in [4.69, 9.17) is 14.2 Å². The van der Waals surface area contributed by atoms with E-state index in [9.17, 15) is 9.59 Å². The Morgan fingerprint density at radius 2 is 1.58 bits per heavy atom. The van der Waals surface area contributed by atoms with Gasteiger partial charge in [0.2, 0.25) is 0 Å². The topological polar surface area (TPSA) is 73.9 Å². The van der Waals surface area contributed by atoms with Crippen LogP contribution in [0, 0.1) is 0 Å². The Kier molecular flexibility index (Phi) is 7.02. The lowest BCUT2D eigenvalue weighted by molar-refractivity contribution is -0.153. The zero-order valence-electron chi connectivity index (χ0n) is 15.2. The maximum Gasteiger partial charge on any atom is 0.306 e. The molecule has 0 unspecified atom stereocenters. The lowest BCUT2D eigenvalue weighted by Gasteiger charge is -2.15. The smallest absolute Gasteiger partial charge is 0.306 e. The van der Waals surface area contributed by atoms with Crippen LogP contribution in [0.2, 0.25) is 0 Å². The van der Waals surface area contributed by atoms with Crippen LogP contribution in [0.3, 0.4) is 0 Å². The average molecular weight is 357 g/mol. The summed E-state index contributed by atoms with van der Waals surface area (Å²) in [6, 6.07) is 14.5. The quantitative estimate of drug-likeness (QED) is 0.735. The second-order valence-electron chi connectivity index (χ2n) is 5.63. The lowest BCUT2D eigenvalue weighted by Crippen LogP contribution is -2.30. The highest BCUT2D eigenvalue weighted by molar-refractivity contribution is 5.96. The zero-order chi connectivity index (χ0) is 18.9. The molecule has 26 heavy (non-hydrogen) atoms. The van der Waals surface area contributed by atoms with Crippen LogP contribution in [0.1, 0.15) is 18.9 Å². The minimum atomic E-state index is -0.912. The molecule has 0 aliphatic rings. The molecular weight excluding hydrogens is 334 g/mol. The Morgan fingerprint density at radius 3 is 2.27 bits per heavy atom. The van der Waals surface area contributed by atoms with Crippen LogP contribution in [-0.4, -0.2) is 32.2 Å². The first-order chi connectivity index (χ1) is 12.5. The van der Waals surface area contributed by atoms with Crippen LogP contribution in [0.25, 0.3) is 0 Å². The van der Waals surface area contributed by atoms with Gasteiger partial charge in [0.1, 0.15) is 11.5 Å². The molecule has 1 amide bonds. The number of hydrogen-bond acceptors (Lipinski definition) is 5. The Balaban J connectivity index is 1.87. The van der Waals surface area contributed by atoms with E-state index in [0.29, 0.717) is 17.9 Å². The fourth-order valence-electron chi connectivity index (χ4n) is 2.44. The summed E-state index contributed by atoms with van der Waals surface area (Å²) in [5, 5.41) is 2.70. The number of amides is 1. The number of hydrogen-bond donors (Lipinski definition) is 1. The number of rotatable bonds is 8. The van der Waals surface area contributed by atoms with Gasteiger partial charge in [0.05, 0.1) is 19.9 Å². The van der Waals surface area contributed by atoms with Crippen molar-refractivity contribution in [1.29, 1.82) is 0 Å². The number of benzene rings is 2. The molecule has 1 N–H and O–H groups in total. The molecule has 0 saturated carbocycles. The molecule has 2 aromatic rings. The molecule has 0 fully saturated rings. The number of methoxy groups -OCH3 is 2. The molecule has 0 spiro atoms. The van der Waals surface area contributed by atoms with Crippen LogP contribution in [0.4, 0.5) is 5.69 Å². The molecule has 0 aromatic heterocycles. The second kappa shape index (κ2) is 9.46. The number of ether oxygens (including phenoxy) is 3. The van der Waals surface area contributed by atoms with Crippen molar-refractivity contribution in [1.82, 2.24) is 0 Å². The van der Waals surface area contributed by atoms with Crippen LogP contribution in [-0.2, 0) is 20.7 Å². The van der Waals surface area contributed by atoms with E-state index in [0.717, 1.165) is 11.3 Å². The standard InChI is InChI=1S/C20H23NO5/c1-14(20(23)21-16-9-5-7-11-18(16)25-3)26-19(22)13-12-15-8-4-6-10-17(15)24-2/h4-11,14H,12-13H2,1-3H3,(H,21,23)/t14-/m0/s1. The highest BCUT2D eigenvalue weighted by Crippen LogP contribution is 2.23. The van der Waals surface area contributed by atoms with E-state index in [1.807, 2.05) is 24.3 Å². The summed E-state index contributed by atoms with van der Waals surface area (Å²) in [7, 11) is 3.10. The molecule has 6 nitrogen and oxygen atoms in total. The van der Waals surface area contributed by atoms with Crippen molar-refractivity contribution in [2.45, 2.75) is 25.9 Å². The lowest BCUT2D eigenvalue weighted by atomic mass is 10.1. The Hall–Kier alpha value is -3.02. The number of nitrogens with one attached hydrogen (secondary N) is 1. The normalized spacial score (nSPS) is 11.3. The van der Waals surface area contributed by atoms with Gasteiger partial charge in [0.25, 0.3) is 5.91 Å². The van der Waals surface area contributed by atoms with Crippen LogP contribution in [0.5, 0.6) is 11.5 Å². The molecule has 2 rings (SSSR count). The van der Waals surface area contributed by atoms with Crippen LogP contribution < -0.4 is 14.8 Å². The predicted molar refractivity (Wildman–Crippen MR) is 98.5 cm³/mol. The fourth-order valence-corrected chi connectivity index (χ4v) is 2.44. The van der Waals surface area contributed by atoms with Crippen molar-refractivity contribution in [2.75, 3.05) is 19.5 Å². The molecule has 0 saturated heterocycles. The summed E-state index contributed by atoms with van der Waals surface area (Å²) in [6.07, 6.45) is -0.277. The second-order valence-corrected chi connectivity index (χ2v) is 5.63. The summed E-state index contributed by atoms with van der Waals surface area (Å²) in [6.45, 7) is 1.53. The maximum atomic E-state index is 12.2. The van der Waals surface area contributed by atoms with Crippen molar-refractivity contribution in [3.05, 3.63) is 54.1 Å². The minimum absolute atomic E-state index is 0.159. The third-order valence-electron chi connectivity index (χ3n) is 3.83. The molecule has 0 aliphatic heterocycles. The largest absolute Gasteiger partial charge is 0.496 e. The van der Waals surface area contributed by atoms with Crippen LogP contribution in [0.15, 0.2) is 48.5 Å². The number of para-hydroxylation sites is 3. The Bertz CT molecular complexity index is 759. The fraction of sp³-hybridized carbons (Fsp3) is 0.300. The van der Waals surface area contributed by atoms with Gasteiger partial charge in [-0.25, -0.2) is 0 Å². The van der Waals surface area contributed by atoms with E-state index in [1.54, 1.807) is 31.4 Å². The van der Waals surface area contributed by atoms with Gasteiger partial charge in [0, 0.05) is 6.42 Å². The van der Waals surface area contributed by atoms with Gasteiger partial charge in [-0.1, -0.05) is 30.3 Å². The van der Waals surface area contributed by atoms with E-state index >= 15 is 0 Å².